The molecule has 0 bridgehead atoms. The van der Waals surface area contributed by atoms with Crippen molar-refractivity contribution >= 4 is 0 Å². The maximum Gasteiger partial charge on any atom is 0.00388 e. The molecule has 0 unspecified atom stereocenters. The Bertz CT molecular complexity index is 165. The van der Waals surface area contributed by atoms with Crippen molar-refractivity contribution in [3.8, 4) is 0 Å². The van der Waals surface area contributed by atoms with Crippen LogP contribution in [-0.2, 0) is 0 Å². The Hall–Kier alpha value is -0.0800. The fourth-order valence-corrected chi connectivity index (χ4v) is 2.81. The molecule has 0 N–H and O–H groups in total. The molecule has 2 nitrogen and oxygen atoms in total. The highest BCUT2D eigenvalue weighted by Crippen LogP contribution is 2.31. The smallest absolute Gasteiger partial charge is 0.00388 e. The molecule has 2 heterocycles. The van der Waals surface area contributed by atoms with E-state index < -0.39 is 0 Å². The summed E-state index contributed by atoms with van der Waals surface area (Å²) in [5, 5.41) is 0. The highest BCUT2D eigenvalue weighted by molar-refractivity contribution is 4.93. The Labute approximate surface area is 81.9 Å². The Kier molecular flexibility index (Phi) is 2.61. The molecule has 2 aliphatic rings. The summed E-state index contributed by atoms with van der Waals surface area (Å²) in [6.45, 7) is 13.6. The van der Waals surface area contributed by atoms with E-state index in [9.17, 15) is 0 Å². The molecule has 2 heteroatoms. The topological polar surface area (TPSA) is 6.48 Å². The van der Waals surface area contributed by atoms with E-state index in [0.717, 1.165) is 17.9 Å². The van der Waals surface area contributed by atoms with Crippen LogP contribution in [0.4, 0.5) is 0 Å². The number of fused-ring (bicyclic) bond motifs is 1. The number of hydrogen-bond acceptors (Lipinski definition) is 2. The summed E-state index contributed by atoms with van der Waals surface area (Å²) >= 11 is 0. The van der Waals surface area contributed by atoms with E-state index in [2.05, 4.69) is 30.6 Å². The molecule has 2 saturated heterocycles. The van der Waals surface area contributed by atoms with Crippen LogP contribution in [-0.4, -0.2) is 48.6 Å². The lowest BCUT2D eigenvalue weighted by Crippen LogP contribution is -2.33. The third-order valence-corrected chi connectivity index (χ3v) is 3.77. The number of likely N-dealkylation sites (tertiary alicyclic amines) is 2. The lowest BCUT2D eigenvalue weighted by Gasteiger charge is -2.23. The van der Waals surface area contributed by atoms with Gasteiger partial charge in [0.1, 0.15) is 0 Å². The van der Waals surface area contributed by atoms with Crippen molar-refractivity contribution in [2.75, 3.05) is 32.7 Å². The second kappa shape index (κ2) is 3.58. The van der Waals surface area contributed by atoms with Crippen molar-refractivity contribution in [1.82, 2.24) is 9.80 Å². The molecular weight excluding hydrogens is 160 g/mol. The molecule has 0 aliphatic carbocycles. The van der Waals surface area contributed by atoms with Gasteiger partial charge in [0.05, 0.1) is 0 Å². The second-order valence-electron chi connectivity index (χ2n) is 4.92. The summed E-state index contributed by atoms with van der Waals surface area (Å²) in [7, 11) is 0. The molecule has 0 aromatic rings. The molecule has 2 aliphatic heterocycles. The summed E-state index contributed by atoms with van der Waals surface area (Å²) in [5.41, 5.74) is 0. The minimum absolute atomic E-state index is 0.751. The van der Waals surface area contributed by atoms with Gasteiger partial charge in [-0.1, -0.05) is 6.92 Å². The third kappa shape index (κ3) is 1.75. The summed E-state index contributed by atoms with van der Waals surface area (Å²) in [6.07, 6.45) is 0. The first kappa shape index (κ1) is 9.47. The Morgan fingerprint density at radius 2 is 1.62 bits per heavy atom. The molecule has 2 rings (SSSR count). The molecule has 0 saturated carbocycles. The second-order valence-corrected chi connectivity index (χ2v) is 4.92. The van der Waals surface area contributed by atoms with Crippen molar-refractivity contribution in [3.63, 3.8) is 0 Å². The van der Waals surface area contributed by atoms with Gasteiger partial charge in [0.2, 0.25) is 0 Å². The van der Waals surface area contributed by atoms with E-state index in [1.165, 1.54) is 32.7 Å². The molecule has 0 radical (unpaired) electrons. The van der Waals surface area contributed by atoms with Crippen LogP contribution >= 0.6 is 0 Å². The average molecular weight is 182 g/mol. The van der Waals surface area contributed by atoms with Gasteiger partial charge < -0.3 is 9.80 Å². The molecular formula is C11H22N2. The fraction of sp³-hybridized carbons (Fsp3) is 1.00. The van der Waals surface area contributed by atoms with E-state index >= 15 is 0 Å². The van der Waals surface area contributed by atoms with Crippen LogP contribution in [0.25, 0.3) is 0 Å². The maximum absolute atomic E-state index is 2.64. The lowest BCUT2D eigenvalue weighted by atomic mass is 10.0. The van der Waals surface area contributed by atoms with Gasteiger partial charge in [-0.2, -0.15) is 0 Å². The normalized spacial score (nSPS) is 36.0. The zero-order chi connectivity index (χ0) is 9.42. The molecule has 0 amide bonds. The average Bonchev–Trinajstić information content (AvgIpc) is 2.58. The zero-order valence-electron chi connectivity index (χ0n) is 9.16. The van der Waals surface area contributed by atoms with Gasteiger partial charge in [-0.3, -0.25) is 0 Å². The highest BCUT2D eigenvalue weighted by atomic mass is 15.2. The van der Waals surface area contributed by atoms with Crippen molar-refractivity contribution in [1.29, 1.82) is 0 Å². The molecule has 0 aromatic carbocycles. The largest absolute Gasteiger partial charge is 0.303 e. The lowest BCUT2D eigenvalue weighted by molar-refractivity contribution is 0.226. The molecule has 2 atom stereocenters. The van der Waals surface area contributed by atoms with Crippen molar-refractivity contribution in [2.24, 2.45) is 11.8 Å². The van der Waals surface area contributed by atoms with Gasteiger partial charge >= 0.3 is 0 Å². The first-order valence-electron chi connectivity index (χ1n) is 5.67. The first-order valence-corrected chi connectivity index (χ1v) is 5.67. The zero-order valence-corrected chi connectivity index (χ0v) is 9.16. The molecule has 13 heavy (non-hydrogen) atoms. The summed E-state index contributed by atoms with van der Waals surface area (Å²) in [4.78, 5) is 5.25. The number of rotatable bonds is 2. The van der Waals surface area contributed by atoms with E-state index in [1.54, 1.807) is 0 Å². The summed E-state index contributed by atoms with van der Waals surface area (Å²) in [5.74, 6) is 1.95. The van der Waals surface area contributed by atoms with Crippen LogP contribution in [0.3, 0.4) is 0 Å². The first-order chi connectivity index (χ1) is 6.20. The standard InChI is InChI=1S/C11H22N2/c1-4-12-5-10-7-13(9(2)3)8-11(10)6-12/h9-11H,4-8H2,1-3H3/t10-,11+. The van der Waals surface area contributed by atoms with Crippen LogP contribution < -0.4 is 0 Å². The van der Waals surface area contributed by atoms with Crippen molar-refractivity contribution < 1.29 is 0 Å². The van der Waals surface area contributed by atoms with Crippen LogP contribution in [0.15, 0.2) is 0 Å². The Morgan fingerprint density at radius 1 is 1.08 bits per heavy atom. The highest BCUT2D eigenvalue weighted by Gasteiger charge is 2.39. The van der Waals surface area contributed by atoms with E-state index in [4.69, 9.17) is 0 Å². The van der Waals surface area contributed by atoms with Crippen LogP contribution in [0, 0.1) is 11.8 Å². The predicted octanol–water partition coefficient (Wildman–Crippen LogP) is 1.28. The minimum Gasteiger partial charge on any atom is -0.303 e. The monoisotopic (exact) mass is 182 g/mol. The molecule has 76 valence electrons. The molecule has 0 aromatic heterocycles. The fourth-order valence-electron chi connectivity index (χ4n) is 2.81. The summed E-state index contributed by atoms with van der Waals surface area (Å²) < 4.78 is 0. The maximum atomic E-state index is 2.64. The van der Waals surface area contributed by atoms with Crippen LogP contribution in [0.1, 0.15) is 20.8 Å². The Morgan fingerprint density at radius 3 is 2.00 bits per heavy atom. The van der Waals surface area contributed by atoms with Crippen molar-refractivity contribution in [2.45, 2.75) is 26.8 Å². The van der Waals surface area contributed by atoms with E-state index in [-0.39, 0.29) is 0 Å². The van der Waals surface area contributed by atoms with Crippen molar-refractivity contribution in [3.05, 3.63) is 0 Å². The number of hydrogen-bond donors (Lipinski definition) is 0. The summed E-state index contributed by atoms with van der Waals surface area (Å²) in [6, 6.07) is 0.751. The molecule has 2 fully saturated rings. The third-order valence-electron chi connectivity index (χ3n) is 3.77. The van der Waals surface area contributed by atoms with Gasteiger partial charge in [0.25, 0.3) is 0 Å². The van der Waals surface area contributed by atoms with Gasteiger partial charge in [0.15, 0.2) is 0 Å². The van der Waals surface area contributed by atoms with E-state index in [0.29, 0.717) is 0 Å². The van der Waals surface area contributed by atoms with Crippen LogP contribution in [0.2, 0.25) is 0 Å². The van der Waals surface area contributed by atoms with E-state index in [1.807, 2.05) is 0 Å². The van der Waals surface area contributed by atoms with Crippen LogP contribution in [0.5, 0.6) is 0 Å². The van der Waals surface area contributed by atoms with Gasteiger partial charge in [0, 0.05) is 32.2 Å². The molecule has 0 spiro atoms. The van der Waals surface area contributed by atoms with Gasteiger partial charge in [-0.05, 0) is 32.2 Å². The quantitative estimate of drug-likeness (QED) is 0.635. The van der Waals surface area contributed by atoms with Gasteiger partial charge in [-0.15, -0.1) is 0 Å². The Balaban J connectivity index is 1.89. The predicted molar refractivity (Wildman–Crippen MR) is 55.8 cm³/mol. The SMILES string of the molecule is CCN1C[C@@H]2CN(C(C)C)C[C@@H]2C1. The number of nitrogens with zero attached hydrogens (tertiary/aromatic N) is 2. The minimum atomic E-state index is 0.751. The van der Waals surface area contributed by atoms with Gasteiger partial charge in [-0.25, -0.2) is 0 Å².